The number of aromatic nitrogens is 2. The number of benzene rings is 2. The van der Waals surface area contributed by atoms with Crippen molar-refractivity contribution in [2.75, 3.05) is 78.9 Å². The molecule has 2 aromatic carbocycles. The molecule has 0 radical (unpaired) electrons. The number of urea groups is 1. The third kappa shape index (κ3) is 7.70. The van der Waals surface area contributed by atoms with E-state index in [2.05, 4.69) is 53.9 Å². The number of pyridine rings is 2. The minimum absolute atomic E-state index is 0.0489. The second-order valence-corrected chi connectivity index (χ2v) is 16.8. The number of piperazine rings is 2. The summed E-state index contributed by atoms with van der Waals surface area (Å²) in [7, 11) is 0. The Hall–Kier alpha value is -6.60. The summed E-state index contributed by atoms with van der Waals surface area (Å²) in [5, 5.41) is 6.26. The number of rotatable bonds is 7. The van der Waals surface area contributed by atoms with Crippen molar-refractivity contribution in [1.82, 2.24) is 30.0 Å². The normalized spacial score (nSPS) is 22.7. The molecule has 9 rings (SSSR count). The predicted molar refractivity (Wildman–Crippen MR) is 231 cm³/mol. The summed E-state index contributed by atoms with van der Waals surface area (Å²) in [5.41, 5.74) is 4.39. The van der Waals surface area contributed by atoms with Gasteiger partial charge in [0.25, 0.3) is 11.8 Å². The second kappa shape index (κ2) is 16.5. The number of carbonyl (C=O) groups is 5. The van der Waals surface area contributed by atoms with Crippen molar-refractivity contribution in [2.45, 2.75) is 57.7 Å². The molecule has 0 saturated carbocycles. The van der Waals surface area contributed by atoms with E-state index in [4.69, 9.17) is 11.6 Å². The van der Waals surface area contributed by atoms with Gasteiger partial charge in [-0.1, -0.05) is 12.1 Å². The fraction of sp³-hybridized carbons (Fsp3) is 0.422. The number of anilines is 4. The van der Waals surface area contributed by atoms with Crippen molar-refractivity contribution in [1.29, 1.82) is 0 Å². The van der Waals surface area contributed by atoms with Crippen LogP contribution in [0.1, 0.15) is 60.2 Å². The van der Waals surface area contributed by atoms with E-state index in [1.54, 1.807) is 24.5 Å². The number of amides is 6. The summed E-state index contributed by atoms with van der Waals surface area (Å²) in [4.78, 5) is 89.2. The third-order valence-corrected chi connectivity index (χ3v) is 13.0. The van der Waals surface area contributed by atoms with Crippen LogP contribution in [-0.2, 0) is 9.59 Å². The molecular weight excluding hydrogens is 775 g/mol. The molecule has 4 aromatic rings. The molecule has 16 nitrogen and oxygen atoms in total. The Bertz CT molecular complexity index is 2440. The Morgan fingerprint density at radius 2 is 1.64 bits per heavy atom. The minimum Gasteiger partial charge on any atom is -0.369 e. The van der Waals surface area contributed by atoms with Crippen LogP contribution in [0.5, 0.6) is 0 Å². The molecule has 4 saturated heterocycles. The van der Waals surface area contributed by atoms with Crippen molar-refractivity contribution >= 4 is 69.1 Å². The lowest BCUT2D eigenvalue weighted by Gasteiger charge is -2.45. The first-order chi connectivity index (χ1) is 29.6. The summed E-state index contributed by atoms with van der Waals surface area (Å²) in [5.74, 6) is -0.503. The van der Waals surface area contributed by atoms with E-state index in [0.717, 1.165) is 86.1 Å². The molecule has 3 atom stereocenters. The number of fused-ring (bicyclic) bond motifs is 2. The van der Waals surface area contributed by atoms with Crippen LogP contribution in [0.25, 0.3) is 15.7 Å². The smallest absolute Gasteiger partial charge is 0.322 e. The van der Waals surface area contributed by atoms with Crippen LogP contribution < -0.4 is 25.3 Å². The van der Waals surface area contributed by atoms with Crippen LogP contribution in [0, 0.1) is 12.5 Å². The maximum absolute atomic E-state index is 13.5. The first-order valence-corrected chi connectivity index (χ1v) is 21.2. The quantitative estimate of drug-likeness (QED) is 0.196. The van der Waals surface area contributed by atoms with Gasteiger partial charge in [0.1, 0.15) is 11.9 Å². The van der Waals surface area contributed by atoms with Gasteiger partial charge < -0.3 is 24.9 Å². The third-order valence-electron chi connectivity index (χ3n) is 13.0. The maximum atomic E-state index is 13.5. The fourth-order valence-corrected chi connectivity index (χ4v) is 9.63. The molecule has 16 heteroatoms. The Kier molecular flexibility index (Phi) is 10.7. The topological polar surface area (TPSA) is 159 Å². The van der Waals surface area contributed by atoms with Gasteiger partial charge in [0.15, 0.2) is 0 Å². The van der Waals surface area contributed by atoms with Crippen LogP contribution in [0.2, 0.25) is 0 Å². The lowest BCUT2D eigenvalue weighted by Crippen LogP contribution is -2.59. The molecule has 0 spiro atoms. The van der Waals surface area contributed by atoms with Crippen molar-refractivity contribution in [3.8, 4) is 0 Å². The lowest BCUT2D eigenvalue weighted by atomic mass is 9.96. The Morgan fingerprint density at radius 3 is 2.38 bits per heavy atom. The summed E-state index contributed by atoms with van der Waals surface area (Å²) in [6.07, 6.45) is 5.80. The van der Waals surface area contributed by atoms with E-state index < -0.39 is 29.7 Å². The molecule has 1 unspecified atom stereocenters. The highest BCUT2D eigenvalue weighted by molar-refractivity contribution is 6.23. The van der Waals surface area contributed by atoms with E-state index in [9.17, 15) is 24.0 Å². The van der Waals surface area contributed by atoms with Crippen LogP contribution in [-0.4, -0.2) is 131 Å². The molecule has 4 fully saturated rings. The van der Waals surface area contributed by atoms with Crippen LogP contribution in [0.3, 0.4) is 0 Å². The predicted octanol–water partition coefficient (Wildman–Crippen LogP) is 4.75. The van der Waals surface area contributed by atoms with E-state index in [1.165, 1.54) is 0 Å². The highest BCUT2D eigenvalue weighted by atomic mass is 16.2. The monoisotopic (exact) mass is 823 g/mol. The Balaban J connectivity index is 0.728. The zero-order valence-corrected chi connectivity index (χ0v) is 34.4. The average molecular weight is 824 g/mol. The van der Waals surface area contributed by atoms with Gasteiger partial charge in [0.2, 0.25) is 17.5 Å². The van der Waals surface area contributed by atoms with Gasteiger partial charge in [0, 0.05) is 100 Å². The summed E-state index contributed by atoms with van der Waals surface area (Å²) in [6.45, 7) is 19.1. The number of carbonyl (C=O) groups excluding carboxylic acids is 5. The number of nitrogens with zero attached hydrogens (tertiary/aromatic N) is 9. The average Bonchev–Trinajstić information content (AvgIpc) is 3.52. The highest BCUT2D eigenvalue weighted by Crippen LogP contribution is 2.36. The van der Waals surface area contributed by atoms with Gasteiger partial charge in [-0.3, -0.25) is 39.3 Å². The van der Waals surface area contributed by atoms with Crippen LogP contribution >= 0.6 is 0 Å². The van der Waals surface area contributed by atoms with Crippen molar-refractivity contribution in [3.63, 3.8) is 0 Å². The largest absolute Gasteiger partial charge is 0.369 e. The van der Waals surface area contributed by atoms with Gasteiger partial charge in [0.05, 0.1) is 35.1 Å². The highest BCUT2D eigenvalue weighted by Gasteiger charge is 2.45. The number of piperidine rings is 2. The zero-order chi connectivity index (χ0) is 42.4. The molecule has 0 bridgehead atoms. The minimum atomic E-state index is -0.975. The van der Waals surface area contributed by atoms with Gasteiger partial charge in [-0.2, -0.15) is 0 Å². The molecule has 2 N–H and O–H groups in total. The standard InChI is InChI=1S/C45H49N11O5/c1-28-26-55(29(2)25-54(28)37-10-9-36(46-3)41-34(37)5-4-16-47-41)45(61)49-31-6-12-39(48-24-31)53-17-14-30(15-18-53)27-51-19-21-52(22-20-51)32-7-8-33-35(23-32)44(60)56(43(33)59)38-11-13-40(57)50-42(38)58/h4-10,12,16,23-24,28-30,38H,11,13-15,17-22,25-27H2,1-2H3,(H,49,61)(H,50,57,58)/t28-,29+,38?/m0/s1. The molecule has 6 amide bonds. The van der Waals surface area contributed by atoms with Gasteiger partial charge in [-0.15, -0.1) is 0 Å². The van der Waals surface area contributed by atoms with E-state index in [-0.39, 0.29) is 31.0 Å². The van der Waals surface area contributed by atoms with Crippen molar-refractivity contribution in [3.05, 3.63) is 89.5 Å². The molecule has 2 aromatic heterocycles. The fourth-order valence-electron chi connectivity index (χ4n) is 9.63. The lowest BCUT2D eigenvalue weighted by molar-refractivity contribution is -0.136. The van der Waals surface area contributed by atoms with E-state index in [0.29, 0.717) is 47.0 Å². The molecule has 7 heterocycles. The second-order valence-electron chi connectivity index (χ2n) is 16.8. The van der Waals surface area contributed by atoms with Gasteiger partial charge >= 0.3 is 6.03 Å². The number of nitrogens with one attached hydrogen (secondary N) is 2. The number of hydrogen-bond donors (Lipinski definition) is 2. The summed E-state index contributed by atoms with van der Waals surface area (Å²) < 4.78 is 0. The molecule has 5 aliphatic rings. The molecule has 314 valence electrons. The maximum Gasteiger partial charge on any atom is 0.322 e. The molecule has 5 aliphatic heterocycles. The zero-order valence-electron chi connectivity index (χ0n) is 34.4. The number of imide groups is 2. The van der Waals surface area contributed by atoms with Crippen LogP contribution in [0.15, 0.2) is 67.0 Å². The Labute approximate surface area is 354 Å². The summed E-state index contributed by atoms with van der Waals surface area (Å²) >= 11 is 0. The van der Waals surface area contributed by atoms with E-state index in [1.807, 2.05) is 47.4 Å². The summed E-state index contributed by atoms with van der Waals surface area (Å²) in [6, 6.07) is 15.8. The van der Waals surface area contributed by atoms with Crippen molar-refractivity contribution in [2.24, 2.45) is 5.92 Å². The Morgan fingerprint density at radius 1 is 0.852 bits per heavy atom. The SMILES string of the molecule is [C-]#[N+]c1ccc(N2C[C@@H](C)N(C(=O)Nc3ccc(N4CCC(CN5CCN(c6ccc7c(c6)C(=O)N(C6CCC(=O)NC6=O)C7=O)CC5)CC4)nc3)C[C@@H]2C)c2cccnc12. The first-order valence-electron chi connectivity index (χ1n) is 21.2. The van der Waals surface area contributed by atoms with Gasteiger partial charge in [-0.25, -0.2) is 14.6 Å². The number of hydrogen-bond acceptors (Lipinski definition) is 11. The molecular formula is C45H49N11O5. The van der Waals surface area contributed by atoms with Gasteiger partial charge in [-0.05, 0) is 81.5 Å². The molecule has 0 aliphatic carbocycles. The van der Waals surface area contributed by atoms with Crippen molar-refractivity contribution < 1.29 is 24.0 Å². The van der Waals surface area contributed by atoms with Crippen LogP contribution in [0.4, 0.5) is 33.4 Å². The first kappa shape index (κ1) is 39.8. The van der Waals surface area contributed by atoms with E-state index >= 15 is 0 Å². The molecule has 61 heavy (non-hydrogen) atoms.